The first-order chi connectivity index (χ1) is 12.6. The summed E-state index contributed by atoms with van der Waals surface area (Å²) in [5.74, 6) is 0.703. The summed E-state index contributed by atoms with van der Waals surface area (Å²) in [6, 6.07) is 10.1. The lowest BCUT2D eigenvalue weighted by atomic mass is 10.1. The highest BCUT2D eigenvalue weighted by molar-refractivity contribution is 5.79. The van der Waals surface area contributed by atoms with Gasteiger partial charge < -0.3 is 26.0 Å². The van der Waals surface area contributed by atoms with Crippen molar-refractivity contribution < 1.29 is 9.53 Å². The fraction of sp³-hybridized carbons (Fsp3) is 0.600. The van der Waals surface area contributed by atoms with Gasteiger partial charge in [0, 0.05) is 32.4 Å². The standard InChI is InChI=1S/C20H35N5O2/c1-19(2,3)27-18(26)25-20(4,5)15-24-17(21-6)23-14-10-13-22-16-11-8-7-9-12-16/h7-9,11-12,22H,10,13-15H2,1-6H3,(H,25,26)(H2,21,23,24). The quantitative estimate of drug-likeness (QED) is 0.318. The van der Waals surface area contributed by atoms with Gasteiger partial charge in [-0.25, -0.2) is 4.79 Å². The van der Waals surface area contributed by atoms with Gasteiger partial charge in [-0.3, -0.25) is 4.99 Å². The van der Waals surface area contributed by atoms with E-state index in [0.29, 0.717) is 12.5 Å². The van der Waals surface area contributed by atoms with Crippen LogP contribution in [0, 0.1) is 0 Å². The van der Waals surface area contributed by atoms with Crippen molar-refractivity contribution in [2.24, 2.45) is 4.99 Å². The molecule has 7 heteroatoms. The topological polar surface area (TPSA) is 86.8 Å². The Labute approximate surface area is 163 Å². The van der Waals surface area contributed by atoms with E-state index in [1.54, 1.807) is 7.05 Å². The molecule has 0 unspecified atom stereocenters. The number of anilines is 1. The molecule has 0 aliphatic carbocycles. The second-order valence-corrected chi connectivity index (χ2v) is 8.01. The van der Waals surface area contributed by atoms with E-state index in [9.17, 15) is 4.79 Å². The van der Waals surface area contributed by atoms with Gasteiger partial charge in [-0.15, -0.1) is 0 Å². The summed E-state index contributed by atoms with van der Waals surface area (Å²) >= 11 is 0. The molecule has 0 heterocycles. The highest BCUT2D eigenvalue weighted by Gasteiger charge is 2.24. The first-order valence-electron chi connectivity index (χ1n) is 9.36. The molecule has 152 valence electrons. The Morgan fingerprint density at radius 2 is 1.70 bits per heavy atom. The number of amides is 1. The van der Waals surface area contributed by atoms with Crippen molar-refractivity contribution in [2.45, 2.75) is 52.2 Å². The number of carbonyl (C=O) groups is 1. The van der Waals surface area contributed by atoms with Gasteiger partial charge in [0.15, 0.2) is 5.96 Å². The van der Waals surface area contributed by atoms with Crippen LogP contribution in [0.2, 0.25) is 0 Å². The molecule has 1 aromatic carbocycles. The third-order valence-corrected chi connectivity index (χ3v) is 3.51. The first-order valence-corrected chi connectivity index (χ1v) is 9.36. The molecule has 0 bridgehead atoms. The van der Waals surface area contributed by atoms with E-state index in [1.807, 2.05) is 65.0 Å². The highest BCUT2D eigenvalue weighted by atomic mass is 16.6. The summed E-state index contributed by atoms with van der Waals surface area (Å²) in [5.41, 5.74) is 0.128. The Morgan fingerprint density at radius 3 is 2.30 bits per heavy atom. The Morgan fingerprint density at radius 1 is 1.04 bits per heavy atom. The number of ether oxygens (including phenoxy) is 1. The summed E-state index contributed by atoms with van der Waals surface area (Å²) in [4.78, 5) is 16.2. The number of alkyl carbamates (subject to hydrolysis) is 1. The van der Waals surface area contributed by atoms with Crippen LogP contribution in [-0.2, 0) is 4.74 Å². The maximum absolute atomic E-state index is 11.9. The lowest BCUT2D eigenvalue weighted by molar-refractivity contribution is 0.0474. The number of hydrogen-bond donors (Lipinski definition) is 4. The van der Waals surface area contributed by atoms with Gasteiger partial charge in [-0.2, -0.15) is 0 Å². The second-order valence-electron chi connectivity index (χ2n) is 8.01. The summed E-state index contributed by atoms with van der Waals surface area (Å²) in [6.45, 7) is 11.6. The zero-order chi connectivity index (χ0) is 20.3. The van der Waals surface area contributed by atoms with Crippen LogP contribution in [0.1, 0.15) is 41.0 Å². The van der Waals surface area contributed by atoms with E-state index in [0.717, 1.165) is 25.2 Å². The minimum Gasteiger partial charge on any atom is -0.444 e. The third kappa shape index (κ3) is 11.0. The number of hydrogen-bond acceptors (Lipinski definition) is 4. The van der Waals surface area contributed by atoms with Gasteiger partial charge in [0.2, 0.25) is 0 Å². The van der Waals surface area contributed by atoms with E-state index < -0.39 is 17.2 Å². The molecule has 0 aliphatic rings. The van der Waals surface area contributed by atoms with Crippen LogP contribution >= 0.6 is 0 Å². The van der Waals surface area contributed by atoms with Crippen molar-refractivity contribution in [3.05, 3.63) is 30.3 Å². The smallest absolute Gasteiger partial charge is 0.408 e. The van der Waals surface area contributed by atoms with Crippen LogP contribution in [0.25, 0.3) is 0 Å². The molecule has 7 nitrogen and oxygen atoms in total. The van der Waals surface area contributed by atoms with E-state index >= 15 is 0 Å². The summed E-state index contributed by atoms with van der Waals surface area (Å²) in [7, 11) is 1.73. The molecule has 1 amide bonds. The molecular formula is C20H35N5O2. The minimum absolute atomic E-state index is 0.427. The highest BCUT2D eigenvalue weighted by Crippen LogP contribution is 2.09. The molecule has 1 aromatic rings. The minimum atomic E-state index is -0.515. The van der Waals surface area contributed by atoms with Crippen LogP contribution in [0.4, 0.5) is 10.5 Å². The first kappa shape index (κ1) is 22.6. The molecule has 0 aliphatic heterocycles. The molecule has 0 saturated carbocycles. The average molecular weight is 378 g/mol. The fourth-order valence-electron chi connectivity index (χ4n) is 2.23. The predicted octanol–water partition coefficient (Wildman–Crippen LogP) is 2.96. The molecule has 0 fully saturated rings. The molecule has 0 radical (unpaired) electrons. The van der Waals surface area contributed by atoms with Gasteiger partial charge in [0.05, 0.1) is 5.54 Å². The van der Waals surface area contributed by atoms with Crippen LogP contribution in [-0.4, -0.2) is 49.9 Å². The zero-order valence-electron chi connectivity index (χ0n) is 17.5. The number of guanidine groups is 1. The number of aliphatic imine (C=N–C) groups is 1. The summed E-state index contributed by atoms with van der Waals surface area (Å²) in [6.07, 6.45) is 0.527. The largest absolute Gasteiger partial charge is 0.444 e. The van der Waals surface area contributed by atoms with Crippen molar-refractivity contribution in [1.82, 2.24) is 16.0 Å². The molecule has 0 aromatic heterocycles. The van der Waals surface area contributed by atoms with Crippen LogP contribution < -0.4 is 21.3 Å². The van der Waals surface area contributed by atoms with Crippen molar-refractivity contribution in [3.8, 4) is 0 Å². The van der Waals surface area contributed by atoms with Crippen LogP contribution in [0.3, 0.4) is 0 Å². The maximum atomic E-state index is 11.9. The maximum Gasteiger partial charge on any atom is 0.408 e. The van der Waals surface area contributed by atoms with Crippen molar-refractivity contribution in [3.63, 3.8) is 0 Å². The Balaban J connectivity index is 2.27. The molecule has 0 saturated heterocycles. The van der Waals surface area contributed by atoms with E-state index in [1.165, 1.54) is 0 Å². The van der Waals surface area contributed by atoms with Gasteiger partial charge in [0.1, 0.15) is 5.60 Å². The SMILES string of the molecule is CN=C(NCCCNc1ccccc1)NCC(C)(C)NC(=O)OC(C)(C)C. The molecule has 0 atom stereocenters. The Kier molecular flexibility index (Phi) is 8.91. The second kappa shape index (κ2) is 10.6. The average Bonchev–Trinajstić information content (AvgIpc) is 2.56. The molecule has 27 heavy (non-hydrogen) atoms. The van der Waals surface area contributed by atoms with Gasteiger partial charge in [0.25, 0.3) is 0 Å². The number of para-hydroxylation sites is 1. The van der Waals surface area contributed by atoms with Gasteiger partial charge in [-0.1, -0.05) is 18.2 Å². The number of carbonyl (C=O) groups excluding carboxylic acids is 1. The summed E-state index contributed by atoms with van der Waals surface area (Å²) < 4.78 is 5.30. The monoisotopic (exact) mass is 377 g/mol. The normalized spacial score (nSPS) is 12.3. The summed E-state index contributed by atoms with van der Waals surface area (Å²) in [5, 5.41) is 12.8. The van der Waals surface area contributed by atoms with E-state index in [2.05, 4.69) is 26.3 Å². The predicted molar refractivity (Wildman–Crippen MR) is 112 cm³/mol. The Bertz CT molecular complexity index is 594. The number of nitrogens with one attached hydrogen (secondary N) is 4. The number of benzene rings is 1. The lowest BCUT2D eigenvalue weighted by Gasteiger charge is -2.29. The molecule has 1 rings (SSSR count). The van der Waals surface area contributed by atoms with Crippen molar-refractivity contribution >= 4 is 17.7 Å². The number of rotatable bonds is 8. The Hall–Kier alpha value is -2.44. The van der Waals surface area contributed by atoms with Crippen molar-refractivity contribution in [2.75, 3.05) is 32.0 Å². The molecule has 4 N–H and O–H groups in total. The molecular weight excluding hydrogens is 342 g/mol. The lowest BCUT2D eigenvalue weighted by Crippen LogP contribution is -2.54. The van der Waals surface area contributed by atoms with Crippen molar-refractivity contribution in [1.29, 1.82) is 0 Å². The number of nitrogens with zero attached hydrogens (tertiary/aromatic N) is 1. The van der Waals surface area contributed by atoms with Crippen LogP contribution in [0.15, 0.2) is 35.3 Å². The third-order valence-electron chi connectivity index (χ3n) is 3.51. The zero-order valence-corrected chi connectivity index (χ0v) is 17.5. The fourth-order valence-corrected chi connectivity index (χ4v) is 2.23. The van der Waals surface area contributed by atoms with Gasteiger partial charge in [-0.05, 0) is 53.2 Å². The van der Waals surface area contributed by atoms with Crippen LogP contribution in [0.5, 0.6) is 0 Å². The van der Waals surface area contributed by atoms with E-state index in [-0.39, 0.29) is 0 Å². The molecule has 0 spiro atoms. The van der Waals surface area contributed by atoms with Gasteiger partial charge >= 0.3 is 6.09 Å². The van der Waals surface area contributed by atoms with E-state index in [4.69, 9.17) is 4.74 Å².